The highest BCUT2D eigenvalue weighted by Gasteiger charge is 2.24. The van der Waals surface area contributed by atoms with Gasteiger partial charge in [-0.1, -0.05) is 13.0 Å². The molecule has 1 heterocycles. The first-order valence-electron chi connectivity index (χ1n) is 5.83. The lowest BCUT2D eigenvalue weighted by atomic mass is 9.98. The normalized spacial score (nSPS) is 17.2. The highest BCUT2D eigenvalue weighted by Crippen LogP contribution is 2.20. The van der Waals surface area contributed by atoms with Gasteiger partial charge in [0.05, 0.1) is 5.56 Å². The summed E-state index contributed by atoms with van der Waals surface area (Å²) in [5.74, 6) is -1.83. The number of nitrogens with zero attached hydrogens (tertiary/aromatic N) is 1. The van der Waals surface area contributed by atoms with Crippen molar-refractivity contribution in [2.45, 2.75) is 19.8 Å². The Morgan fingerprint density at radius 3 is 2.59 bits per heavy atom. The number of hydrogen-bond donors (Lipinski definition) is 0. The van der Waals surface area contributed by atoms with Crippen LogP contribution in [0.5, 0.6) is 0 Å². The summed E-state index contributed by atoms with van der Waals surface area (Å²) >= 11 is 0. The number of carbonyl (C=O) groups is 1. The number of benzene rings is 1. The first kappa shape index (κ1) is 12.0. The minimum atomic E-state index is -1.05. The zero-order valence-electron chi connectivity index (χ0n) is 9.75. The molecule has 2 nitrogen and oxygen atoms in total. The third-order valence-electron chi connectivity index (χ3n) is 3.25. The first-order chi connectivity index (χ1) is 8.09. The van der Waals surface area contributed by atoms with Crippen LogP contribution >= 0.6 is 0 Å². The molecule has 1 fully saturated rings. The quantitative estimate of drug-likeness (QED) is 0.738. The molecule has 0 bridgehead atoms. The number of rotatable bonds is 1. The topological polar surface area (TPSA) is 20.3 Å². The molecule has 92 valence electrons. The van der Waals surface area contributed by atoms with Crippen LogP contribution in [-0.2, 0) is 0 Å². The van der Waals surface area contributed by atoms with Gasteiger partial charge in [0.2, 0.25) is 0 Å². The van der Waals surface area contributed by atoms with Crippen molar-refractivity contribution in [2.24, 2.45) is 5.92 Å². The molecule has 0 aliphatic carbocycles. The van der Waals surface area contributed by atoms with Crippen LogP contribution in [0.2, 0.25) is 0 Å². The number of halogens is 2. The summed E-state index contributed by atoms with van der Waals surface area (Å²) < 4.78 is 26.5. The molecule has 1 amide bonds. The molecule has 0 atom stereocenters. The summed E-state index contributed by atoms with van der Waals surface area (Å²) in [4.78, 5) is 13.6. The van der Waals surface area contributed by atoms with Crippen LogP contribution in [0.3, 0.4) is 0 Å². The molecule has 0 radical (unpaired) electrons. The van der Waals surface area contributed by atoms with Crippen molar-refractivity contribution in [3.63, 3.8) is 0 Å². The van der Waals surface area contributed by atoms with Crippen molar-refractivity contribution in [2.75, 3.05) is 13.1 Å². The zero-order chi connectivity index (χ0) is 12.4. The average Bonchev–Trinajstić information content (AvgIpc) is 2.33. The van der Waals surface area contributed by atoms with E-state index in [1.54, 1.807) is 4.90 Å². The molecule has 17 heavy (non-hydrogen) atoms. The van der Waals surface area contributed by atoms with Crippen molar-refractivity contribution < 1.29 is 13.6 Å². The Labute approximate surface area is 99.2 Å². The molecular weight excluding hydrogens is 224 g/mol. The van der Waals surface area contributed by atoms with E-state index in [0.717, 1.165) is 18.9 Å². The summed E-state index contributed by atoms with van der Waals surface area (Å²) in [6, 6.07) is 3.71. The van der Waals surface area contributed by atoms with Crippen LogP contribution in [0.1, 0.15) is 30.1 Å². The predicted octanol–water partition coefficient (Wildman–Crippen LogP) is 2.84. The van der Waals surface area contributed by atoms with Gasteiger partial charge in [0.15, 0.2) is 11.6 Å². The summed E-state index contributed by atoms with van der Waals surface area (Å²) in [6.45, 7) is 3.37. The summed E-state index contributed by atoms with van der Waals surface area (Å²) in [6.07, 6.45) is 1.84. The van der Waals surface area contributed by atoms with Crippen LogP contribution in [0.25, 0.3) is 0 Å². The number of amides is 1. The van der Waals surface area contributed by atoms with Gasteiger partial charge < -0.3 is 4.90 Å². The smallest absolute Gasteiger partial charge is 0.256 e. The van der Waals surface area contributed by atoms with E-state index in [2.05, 4.69) is 6.92 Å². The Hall–Kier alpha value is -1.45. The second kappa shape index (κ2) is 4.82. The first-order valence-corrected chi connectivity index (χ1v) is 5.83. The van der Waals surface area contributed by atoms with Gasteiger partial charge in [-0.05, 0) is 30.9 Å². The lowest BCUT2D eigenvalue weighted by Gasteiger charge is -2.30. The molecular formula is C13H15F2NO. The average molecular weight is 239 g/mol. The third-order valence-corrected chi connectivity index (χ3v) is 3.25. The van der Waals surface area contributed by atoms with Crippen LogP contribution in [-0.4, -0.2) is 23.9 Å². The lowest BCUT2D eigenvalue weighted by molar-refractivity contribution is 0.0691. The van der Waals surface area contributed by atoms with Gasteiger partial charge in [0.25, 0.3) is 5.91 Å². The number of piperidine rings is 1. The molecule has 0 unspecified atom stereocenters. The van der Waals surface area contributed by atoms with Crippen molar-refractivity contribution >= 4 is 5.91 Å². The lowest BCUT2D eigenvalue weighted by Crippen LogP contribution is -2.38. The molecule has 0 N–H and O–H groups in total. The van der Waals surface area contributed by atoms with Gasteiger partial charge in [0, 0.05) is 13.1 Å². The maximum absolute atomic E-state index is 13.5. The van der Waals surface area contributed by atoms with E-state index in [1.807, 2.05) is 0 Å². The standard InChI is InChI=1S/C13H15F2NO/c1-9-5-7-16(8-6-9)13(17)10-3-2-4-11(14)12(10)15/h2-4,9H,5-8H2,1H3. The van der Waals surface area contributed by atoms with Crippen molar-refractivity contribution in [3.05, 3.63) is 35.4 Å². The van der Waals surface area contributed by atoms with E-state index < -0.39 is 17.5 Å². The Kier molecular flexibility index (Phi) is 3.41. The Balaban J connectivity index is 2.17. The van der Waals surface area contributed by atoms with E-state index in [9.17, 15) is 13.6 Å². The second-order valence-corrected chi connectivity index (χ2v) is 4.58. The Bertz CT molecular complexity index is 425. The molecule has 0 spiro atoms. The minimum absolute atomic E-state index is 0.167. The maximum atomic E-state index is 13.5. The van der Waals surface area contributed by atoms with Crippen LogP contribution in [0, 0.1) is 17.6 Å². The highest BCUT2D eigenvalue weighted by atomic mass is 19.2. The number of likely N-dealkylation sites (tertiary alicyclic amines) is 1. The maximum Gasteiger partial charge on any atom is 0.256 e. The van der Waals surface area contributed by atoms with E-state index >= 15 is 0 Å². The fraction of sp³-hybridized carbons (Fsp3) is 0.462. The minimum Gasteiger partial charge on any atom is -0.339 e. The third kappa shape index (κ3) is 2.46. The van der Waals surface area contributed by atoms with Crippen molar-refractivity contribution in [1.82, 2.24) is 4.90 Å². The van der Waals surface area contributed by atoms with E-state index in [0.29, 0.717) is 19.0 Å². The van der Waals surface area contributed by atoms with Crippen molar-refractivity contribution in [3.8, 4) is 0 Å². The van der Waals surface area contributed by atoms with Gasteiger partial charge in [-0.3, -0.25) is 4.79 Å². The molecule has 0 aromatic heterocycles. The van der Waals surface area contributed by atoms with Crippen LogP contribution in [0.4, 0.5) is 8.78 Å². The van der Waals surface area contributed by atoms with E-state index in [1.165, 1.54) is 12.1 Å². The Morgan fingerprint density at radius 1 is 1.29 bits per heavy atom. The fourth-order valence-corrected chi connectivity index (χ4v) is 2.05. The number of carbonyl (C=O) groups excluding carboxylic acids is 1. The van der Waals surface area contributed by atoms with Crippen molar-refractivity contribution in [1.29, 1.82) is 0 Å². The fourth-order valence-electron chi connectivity index (χ4n) is 2.05. The molecule has 0 saturated carbocycles. The summed E-state index contributed by atoms with van der Waals surface area (Å²) in [7, 11) is 0. The van der Waals surface area contributed by atoms with E-state index in [-0.39, 0.29) is 5.56 Å². The molecule has 1 aliphatic rings. The Morgan fingerprint density at radius 2 is 1.94 bits per heavy atom. The van der Waals surface area contributed by atoms with Gasteiger partial charge in [-0.25, -0.2) is 8.78 Å². The molecule has 1 aromatic rings. The largest absolute Gasteiger partial charge is 0.339 e. The molecule has 1 saturated heterocycles. The van der Waals surface area contributed by atoms with Gasteiger partial charge in [0.1, 0.15) is 0 Å². The van der Waals surface area contributed by atoms with Gasteiger partial charge in [-0.2, -0.15) is 0 Å². The molecule has 1 aromatic carbocycles. The van der Waals surface area contributed by atoms with Gasteiger partial charge >= 0.3 is 0 Å². The molecule has 4 heteroatoms. The van der Waals surface area contributed by atoms with Gasteiger partial charge in [-0.15, -0.1) is 0 Å². The SMILES string of the molecule is CC1CCN(C(=O)c2cccc(F)c2F)CC1. The van der Waals surface area contributed by atoms with Crippen LogP contribution < -0.4 is 0 Å². The van der Waals surface area contributed by atoms with E-state index in [4.69, 9.17) is 0 Å². The summed E-state index contributed by atoms with van der Waals surface area (Å²) in [5.41, 5.74) is -0.167. The molecule has 2 rings (SSSR count). The number of hydrogen-bond acceptors (Lipinski definition) is 1. The highest BCUT2D eigenvalue weighted by molar-refractivity contribution is 5.94. The summed E-state index contributed by atoms with van der Waals surface area (Å²) in [5, 5.41) is 0. The predicted molar refractivity (Wildman–Crippen MR) is 60.7 cm³/mol. The van der Waals surface area contributed by atoms with Crippen LogP contribution in [0.15, 0.2) is 18.2 Å². The zero-order valence-corrected chi connectivity index (χ0v) is 9.75. The second-order valence-electron chi connectivity index (χ2n) is 4.58. The molecule has 1 aliphatic heterocycles. The monoisotopic (exact) mass is 239 g/mol.